The van der Waals surface area contributed by atoms with Gasteiger partial charge in [0.2, 0.25) is 0 Å². The number of terminal acetylenes is 1. The first-order chi connectivity index (χ1) is 8.56. The minimum absolute atomic E-state index is 0.538. The van der Waals surface area contributed by atoms with E-state index in [-0.39, 0.29) is 0 Å². The topological polar surface area (TPSA) is 29.9 Å². The number of aryl methyl sites for hydroxylation is 2. The lowest BCUT2D eigenvalue weighted by molar-refractivity contribution is 0.566. The van der Waals surface area contributed by atoms with Gasteiger partial charge in [-0.15, -0.1) is 12.3 Å². The molecule has 1 N–H and O–H groups in total. The van der Waals surface area contributed by atoms with Crippen LogP contribution in [-0.4, -0.2) is 22.4 Å². The van der Waals surface area contributed by atoms with Crippen molar-refractivity contribution in [1.82, 2.24) is 15.1 Å². The SMILES string of the molecule is C#CCCCn1nc(C)c(CCNC(C)C)c1C. The number of nitrogens with one attached hydrogen (secondary N) is 1. The minimum Gasteiger partial charge on any atom is -0.314 e. The van der Waals surface area contributed by atoms with Crippen LogP contribution in [0.25, 0.3) is 0 Å². The molecule has 0 radical (unpaired) electrons. The zero-order chi connectivity index (χ0) is 13.5. The Hall–Kier alpha value is -1.27. The molecular formula is C15H25N3. The largest absolute Gasteiger partial charge is 0.314 e. The van der Waals surface area contributed by atoms with Crippen LogP contribution in [0.1, 0.15) is 43.6 Å². The van der Waals surface area contributed by atoms with Crippen molar-refractivity contribution in [3.63, 3.8) is 0 Å². The molecule has 18 heavy (non-hydrogen) atoms. The smallest absolute Gasteiger partial charge is 0.0628 e. The molecule has 0 saturated carbocycles. The second-order valence-corrected chi connectivity index (χ2v) is 5.04. The normalized spacial score (nSPS) is 10.9. The Labute approximate surface area is 111 Å². The molecule has 0 aliphatic rings. The number of unbranched alkanes of at least 4 members (excludes halogenated alkanes) is 1. The van der Waals surface area contributed by atoms with Crippen LogP contribution in [-0.2, 0) is 13.0 Å². The van der Waals surface area contributed by atoms with Crippen molar-refractivity contribution < 1.29 is 0 Å². The first-order valence-electron chi connectivity index (χ1n) is 6.76. The lowest BCUT2D eigenvalue weighted by Crippen LogP contribution is -2.25. The summed E-state index contributed by atoms with van der Waals surface area (Å²) in [7, 11) is 0. The quantitative estimate of drug-likeness (QED) is 0.592. The number of rotatable bonds is 7. The molecule has 0 aliphatic heterocycles. The van der Waals surface area contributed by atoms with E-state index in [4.69, 9.17) is 6.42 Å². The molecule has 0 amide bonds. The van der Waals surface area contributed by atoms with Crippen LogP contribution in [0.5, 0.6) is 0 Å². The van der Waals surface area contributed by atoms with Crippen LogP contribution in [0.15, 0.2) is 0 Å². The third kappa shape index (κ3) is 4.19. The molecule has 0 fully saturated rings. The molecule has 1 rings (SSSR count). The lowest BCUT2D eigenvalue weighted by Gasteiger charge is -2.08. The first-order valence-corrected chi connectivity index (χ1v) is 6.76. The van der Waals surface area contributed by atoms with Gasteiger partial charge in [-0.1, -0.05) is 13.8 Å². The highest BCUT2D eigenvalue weighted by Gasteiger charge is 2.10. The van der Waals surface area contributed by atoms with Crippen LogP contribution in [0.2, 0.25) is 0 Å². The molecule has 1 heterocycles. The average Bonchev–Trinajstić information content (AvgIpc) is 2.56. The molecule has 1 aromatic heterocycles. The van der Waals surface area contributed by atoms with Gasteiger partial charge in [0, 0.05) is 24.7 Å². The summed E-state index contributed by atoms with van der Waals surface area (Å²) >= 11 is 0. The first kappa shape index (κ1) is 14.8. The van der Waals surface area contributed by atoms with E-state index < -0.39 is 0 Å². The zero-order valence-corrected chi connectivity index (χ0v) is 12.1. The van der Waals surface area contributed by atoms with Crippen LogP contribution < -0.4 is 5.32 Å². The molecule has 3 heteroatoms. The Morgan fingerprint density at radius 1 is 1.39 bits per heavy atom. The Kier molecular flexibility index (Phi) is 5.94. The van der Waals surface area contributed by atoms with Gasteiger partial charge < -0.3 is 5.32 Å². The van der Waals surface area contributed by atoms with Gasteiger partial charge in [0.05, 0.1) is 5.69 Å². The van der Waals surface area contributed by atoms with Gasteiger partial charge in [0.15, 0.2) is 0 Å². The van der Waals surface area contributed by atoms with E-state index in [1.165, 1.54) is 11.3 Å². The van der Waals surface area contributed by atoms with Gasteiger partial charge in [-0.05, 0) is 38.8 Å². The summed E-state index contributed by atoms with van der Waals surface area (Å²) in [5, 5.41) is 8.05. The van der Waals surface area contributed by atoms with Crippen LogP contribution >= 0.6 is 0 Å². The van der Waals surface area contributed by atoms with E-state index in [2.05, 4.69) is 48.7 Å². The van der Waals surface area contributed by atoms with Crippen LogP contribution in [0.4, 0.5) is 0 Å². The van der Waals surface area contributed by atoms with Gasteiger partial charge in [-0.2, -0.15) is 5.10 Å². The van der Waals surface area contributed by atoms with E-state index in [0.717, 1.165) is 38.0 Å². The van der Waals surface area contributed by atoms with Gasteiger partial charge in [0.25, 0.3) is 0 Å². The van der Waals surface area contributed by atoms with E-state index in [1.807, 2.05) is 0 Å². The highest BCUT2D eigenvalue weighted by molar-refractivity contribution is 5.24. The van der Waals surface area contributed by atoms with Crippen LogP contribution in [0, 0.1) is 26.2 Å². The zero-order valence-electron chi connectivity index (χ0n) is 12.1. The fraction of sp³-hybridized carbons (Fsp3) is 0.667. The molecule has 0 saturated heterocycles. The van der Waals surface area contributed by atoms with Crippen LogP contribution in [0.3, 0.4) is 0 Å². The standard InChI is InChI=1S/C15H25N3/c1-6-7-8-11-18-14(5)15(13(4)17-18)9-10-16-12(2)3/h1,12,16H,7-11H2,2-5H3. The van der Waals surface area contributed by atoms with Gasteiger partial charge in [-0.25, -0.2) is 0 Å². The maximum Gasteiger partial charge on any atom is 0.0628 e. The van der Waals surface area contributed by atoms with Crippen molar-refractivity contribution in [1.29, 1.82) is 0 Å². The molecule has 0 spiro atoms. The van der Waals surface area contributed by atoms with Crippen molar-refractivity contribution in [3.05, 3.63) is 17.0 Å². The monoisotopic (exact) mass is 247 g/mol. The Balaban J connectivity index is 2.60. The van der Waals surface area contributed by atoms with Crippen molar-refractivity contribution >= 4 is 0 Å². The van der Waals surface area contributed by atoms with Gasteiger partial charge >= 0.3 is 0 Å². The third-order valence-corrected chi connectivity index (χ3v) is 3.15. The predicted molar refractivity (Wildman–Crippen MR) is 76.6 cm³/mol. The van der Waals surface area contributed by atoms with Crippen molar-refractivity contribution in [2.45, 2.75) is 59.5 Å². The molecule has 0 unspecified atom stereocenters. The molecule has 0 bridgehead atoms. The molecule has 100 valence electrons. The number of hydrogen-bond donors (Lipinski definition) is 1. The Morgan fingerprint density at radius 3 is 2.72 bits per heavy atom. The summed E-state index contributed by atoms with van der Waals surface area (Å²) in [4.78, 5) is 0. The van der Waals surface area contributed by atoms with Gasteiger partial charge in [0.1, 0.15) is 0 Å². The summed E-state index contributed by atoms with van der Waals surface area (Å²) in [5.41, 5.74) is 3.82. The van der Waals surface area contributed by atoms with E-state index in [9.17, 15) is 0 Å². The van der Waals surface area contributed by atoms with Crippen molar-refractivity contribution in [3.8, 4) is 12.3 Å². The number of nitrogens with zero attached hydrogens (tertiary/aromatic N) is 2. The maximum atomic E-state index is 5.27. The number of aromatic nitrogens is 2. The third-order valence-electron chi connectivity index (χ3n) is 3.15. The molecule has 0 aromatic carbocycles. The Bertz CT molecular complexity index is 410. The number of hydrogen-bond acceptors (Lipinski definition) is 2. The molecule has 0 atom stereocenters. The fourth-order valence-electron chi connectivity index (χ4n) is 2.13. The second kappa shape index (κ2) is 7.23. The summed E-state index contributed by atoms with van der Waals surface area (Å²) in [6, 6.07) is 0.538. The summed E-state index contributed by atoms with van der Waals surface area (Å²) in [6.45, 7) is 10.5. The summed E-state index contributed by atoms with van der Waals surface area (Å²) in [5.74, 6) is 2.67. The summed E-state index contributed by atoms with van der Waals surface area (Å²) < 4.78 is 2.09. The maximum absolute atomic E-state index is 5.27. The van der Waals surface area contributed by atoms with E-state index in [0.29, 0.717) is 6.04 Å². The second-order valence-electron chi connectivity index (χ2n) is 5.04. The lowest BCUT2D eigenvalue weighted by atomic mass is 10.1. The van der Waals surface area contributed by atoms with Crippen molar-refractivity contribution in [2.24, 2.45) is 0 Å². The molecular weight excluding hydrogens is 222 g/mol. The Morgan fingerprint density at radius 2 is 2.11 bits per heavy atom. The summed E-state index contributed by atoms with van der Waals surface area (Å²) in [6.07, 6.45) is 8.14. The van der Waals surface area contributed by atoms with E-state index in [1.54, 1.807) is 0 Å². The van der Waals surface area contributed by atoms with Gasteiger partial charge in [-0.3, -0.25) is 4.68 Å². The molecule has 3 nitrogen and oxygen atoms in total. The highest BCUT2D eigenvalue weighted by atomic mass is 15.3. The molecule has 1 aromatic rings. The van der Waals surface area contributed by atoms with E-state index >= 15 is 0 Å². The molecule has 0 aliphatic carbocycles. The average molecular weight is 247 g/mol. The van der Waals surface area contributed by atoms with Crippen molar-refractivity contribution in [2.75, 3.05) is 6.54 Å². The minimum atomic E-state index is 0.538. The predicted octanol–water partition coefficient (Wildman–Crippen LogP) is 2.45. The highest BCUT2D eigenvalue weighted by Crippen LogP contribution is 2.14. The fourth-order valence-corrected chi connectivity index (χ4v) is 2.13.